The summed E-state index contributed by atoms with van der Waals surface area (Å²) < 4.78 is 0. The Balaban J connectivity index is 1.82. The molecule has 3 aliphatic rings. The van der Waals surface area contributed by atoms with Gasteiger partial charge in [0.2, 0.25) is 0 Å². The summed E-state index contributed by atoms with van der Waals surface area (Å²) in [6.45, 7) is 4.68. The Morgan fingerprint density at radius 1 is 1.18 bits per heavy atom. The van der Waals surface area contributed by atoms with Crippen molar-refractivity contribution in [3.05, 3.63) is 35.9 Å². The molecule has 2 atom stereocenters. The molecule has 3 aliphatic heterocycles. The maximum Gasteiger partial charge on any atom is 0.00187 e. The van der Waals surface area contributed by atoms with E-state index in [9.17, 15) is 0 Å². The predicted octanol–water partition coefficient (Wildman–Crippen LogP) is 2.07. The lowest BCUT2D eigenvalue weighted by Crippen LogP contribution is -2.50. The molecule has 3 heterocycles. The molecule has 0 saturated carbocycles. The maximum atomic E-state index is 6.05. The minimum atomic E-state index is 0.560. The molecule has 0 spiro atoms. The Morgan fingerprint density at radius 2 is 1.88 bits per heavy atom. The smallest absolute Gasteiger partial charge is 0.00187 e. The molecule has 3 saturated heterocycles. The van der Waals surface area contributed by atoms with Gasteiger partial charge in [-0.3, -0.25) is 0 Å². The minimum absolute atomic E-state index is 0.560. The molecular weight excluding hydrogens is 208 g/mol. The standard InChI is InChI=1S/C15H22N2/c16-10-14(12-4-2-1-3-5-12)15-11-17-8-6-13(15)7-9-17/h1-5,13-15H,6-11,16H2. The van der Waals surface area contributed by atoms with Gasteiger partial charge in [0.15, 0.2) is 0 Å². The van der Waals surface area contributed by atoms with Crippen molar-refractivity contribution in [2.45, 2.75) is 18.8 Å². The van der Waals surface area contributed by atoms with Crippen LogP contribution in [0.25, 0.3) is 0 Å². The largest absolute Gasteiger partial charge is 0.330 e. The molecule has 1 aromatic rings. The van der Waals surface area contributed by atoms with Crippen molar-refractivity contribution in [1.82, 2.24) is 4.90 Å². The lowest BCUT2D eigenvalue weighted by Gasteiger charge is -2.47. The molecule has 2 unspecified atom stereocenters. The van der Waals surface area contributed by atoms with Gasteiger partial charge in [-0.1, -0.05) is 30.3 Å². The summed E-state index contributed by atoms with van der Waals surface area (Å²) in [6.07, 6.45) is 2.77. The van der Waals surface area contributed by atoms with E-state index >= 15 is 0 Å². The third-order valence-electron chi connectivity index (χ3n) is 4.71. The molecule has 2 nitrogen and oxygen atoms in total. The molecule has 2 heteroatoms. The second-order valence-electron chi connectivity index (χ2n) is 5.55. The van der Waals surface area contributed by atoms with E-state index in [0.29, 0.717) is 5.92 Å². The monoisotopic (exact) mass is 230 g/mol. The molecule has 0 radical (unpaired) electrons. The van der Waals surface area contributed by atoms with E-state index in [-0.39, 0.29) is 0 Å². The first-order valence-electron chi connectivity index (χ1n) is 6.86. The Kier molecular flexibility index (Phi) is 3.17. The first kappa shape index (κ1) is 11.2. The molecule has 0 amide bonds. The van der Waals surface area contributed by atoms with Crippen LogP contribution in [0.4, 0.5) is 0 Å². The summed E-state index contributed by atoms with van der Waals surface area (Å²) in [4.78, 5) is 2.62. The van der Waals surface area contributed by atoms with Crippen molar-refractivity contribution < 1.29 is 0 Å². The molecular formula is C15H22N2. The van der Waals surface area contributed by atoms with Gasteiger partial charge in [0.1, 0.15) is 0 Å². The number of hydrogen-bond donors (Lipinski definition) is 1. The van der Waals surface area contributed by atoms with Crippen LogP contribution in [0.5, 0.6) is 0 Å². The van der Waals surface area contributed by atoms with Crippen molar-refractivity contribution in [2.75, 3.05) is 26.2 Å². The highest BCUT2D eigenvalue weighted by molar-refractivity contribution is 5.21. The molecule has 1 aromatic carbocycles. The summed E-state index contributed by atoms with van der Waals surface area (Å²) in [5.41, 5.74) is 7.49. The van der Waals surface area contributed by atoms with Crippen LogP contribution < -0.4 is 5.73 Å². The van der Waals surface area contributed by atoms with E-state index in [0.717, 1.165) is 18.4 Å². The molecule has 2 N–H and O–H groups in total. The van der Waals surface area contributed by atoms with Gasteiger partial charge in [-0.2, -0.15) is 0 Å². The predicted molar refractivity (Wildman–Crippen MR) is 70.9 cm³/mol. The number of fused-ring (bicyclic) bond motifs is 3. The summed E-state index contributed by atoms with van der Waals surface area (Å²) >= 11 is 0. The fraction of sp³-hybridized carbons (Fsp3) is 0.600. The fourth-order valence-electron chi connectivity index (χ4n) is 3.72. The van der Waals surface area contributed by atoms with Gasteiger partial charge in [-0.25, -0.2) is 0 Å². The van der Waals surface area contributed by atoms with Crippen LogP contribution in [0.15, 0.2) is 30.3 Å². The van der Waals surface area contributed by atoms with Gasteiger partial charge in [0, 0.05) is 12.5 Å². The molecule has 0 aliphatic carbocycles. The van der Waals surface area contributed by atoms with Crippen LogP contribution in [0, 0.1) is 11.8 Å². The zero-order valence-electron chi connectivity index (χ0n) is 10.4. The molecule has 17 heavy (non-hydrogen) atoms. The van der Waals surface area contributed by atoms with Crippen molar-refractivity contribution in [3.63, 3.8) is 0 Å². The first-order chi connectivity index (χ1) is 8.38. The SMILES string of the molecule is NCC(c1ccccc1)C1CN2CCC1CC2. The van der Waals surface area contributed by atoms with Crippen LogP contribution in [-0.2, 0) is 0 Å². The first-order valence-corrected chi connectivity index (χ1v) is 6.86. The van der Waals surface area contributed by atoms with Crippen molar-refractivity contribution in [2.24, 2.45) is 17.6 Å². The van der Waals surface area contributed by atoms with Crippen molar-refractivity contribution >= 4 is 0 Å². The van der Waals surface area contributed by atoms with Crippen molar-refractivity contribution in [3.8, 4) is 0 Å². The Morgan fingerprint density at radius 3 is 2.41 bits per heavy atom. The number of benzene rings is 1. The van der Waals surface area contributed by atoms with Crippen LogP contribution in [0.3, 0.4) is 0 Å². The van der Waals surface area contributed by atoms with Crippen molar-refractivity contribution in [1.29, 1.82) is 0 Å². The fourth-order valence-corrected chi connectivity index (χ4v) is 3.72. The molecule has 4 rings (SSSR count). The lowest BCUT2D eigenvalue weighted by molar-refractivity contribution is 0.0379. The van der Waals surface area contributed by atoms with Crippen LogP contribution in [0.2, 0.25) is 0 Å². The maximum absolute atomic E-state index is 6.05. The lowest BCUT2D eigenvalue weighted by atomic mass is 9.70. The van der Waals surface area contributed by atoms with E-state index in [1.807, 2.05) is 0 Å². The van der Waals surface area contributed by atoms with Gasteiger partial charge in [0.05, 0.1) is 0 Å². The Labute approximate surface area is 104 Å². The third kappa shape index (κ3) is 2.12. The van der Waals surface area contributed by atoms with Crippen LogP contribution >= 0.6 is 0 Å². The third-order valence-corrected chi connectivity index (χ3v) is 4.71. The Hall–Kier alpha value is -0.860. The van der Waals surface area contributed by atoms with E-state index in [1.165, 1.54) is 38.0 Å². The topological polar surface area (TPSA) is 29.3 Å². The van der Waals surface area contributed by atoms with Crippen LogP contribution in [0.1, 0.15) is 24.3 Å². The average molecular weight is 230 g/mol. The number of nitrogens with two attached hydrogens (primary N) is 1. The summed E-state index contributed by atoms with van der Waals surface area (Å²) in [6, 6.07) is 10.9. The highest BCUT2D eigenvalue weighted by Gasteiger charge is 2.38. The number of nitrogens with zero attached hydrogens (tertiary/aromatic N) is 1. The molecule has 2 bridgehead atoms. The van der Waals surface area contributed by atoms with Gasteiger partial charge in [0.25, 0.3) is 0 Å². The molecule has 0 aromatic heterocycles. The minimum Gasteiger partial charge on any atom is -0.330 e. The quantitative estimate of drug-likeness (QED) is 0.861. The van der Waals surface area contributed by atoms with Gasteiger partial charge in [-0.15, -0.1) is 0 Å². The zero-order chi connectivity index (χ0) is 11.7. The van der Waals surface area contributed by atoms with Gasteiger partial charge >= 0.3 is 0 Å². The molecule has 3 fully saturated rings. The van der Waals surface area contributed by atoms with E-state index in [4.69, 9.17) is 5.73 Å². The second-order valence-corrected chi connectivity index (χ2v) is 5.55. The summed E-state index contributed by atoms with van der Waals surface area (Å²) in [5, 5.41) is 0. The normalized spacial score (nSPS) is 33.6. The zero-order valence-corrected chi connectivity index (χ0v) is 10.4. The summed E-state index contributed by atoms with van der Waals surface area (Å²) in [5.74, 6) is 2.25. The average Bonchev–Trinajstić information content (AvgIpc) is 2.42. The highest BCUT2D eigenvalue weighted by Crippen LogP contribution is 2.40. The Bertz CT molecular complexity index is 354. The number of hydrogen-bond acceptors (Lipinski definition) is 2. The molecule has 92 valence electrons. The van der Waals surface area contributed by atoms with E-state index in [2.05, 4.69) is 35.2 Å². The van der Waals surface area contributed by atoms with Gasteiger partial charge in [-0.05, 0) is 49.9 Å². The summed E-state index contributed by atoms with van der Waals surface area (Å²) in [7, 11) is 0. The van der Waals surface area contributed by atoms with E-state index < -0.39 is 0 Å². The second kappa shape index (κ2) is 4.79. The number of piperidine rings is 3. The van der Waals surface area contributed by atoms with E-state index in [1.54, 1.807) is 0 Å². The number of rotatable bonds is 3. The highest BCUT2D eigenvalue weighted by atomic mass is 15.1. The van der Waals surface area contributed by atoms with Crippen LogP contribution in [-0.4, -0.2) is 31.1 Å². The van der Waals surface area contributed by atoms with Gasteiger partial charge < -0.3 is 10.6 Å².